The Hall–Kier alpha value is -0.163. The molecule has 2 saturated carbocycles. The zero-order chi connectivity index (χ0) is 23.7. The van der Waals surface area contributed by atoms with E-state index in [-0.39, 0.29) is 10.6 Å². The van der Waals surface area contributed by atoms with E-state index >= 15 is 0 Å². The molecule has 0 spiro atoms. The predicted octanol–water partition coefficient (Wildman–Crippen LogP) is 7.82. The lowest BCUT2D eigenvalue weighted by atomic mass is 9.62. The Bertz CT molecular complexity index is 606. The summed E-state index contributed by atoms with van der Waals surface area (Å²) in [6.07, 6.45) is 11.9. The van der Waals surface area contributed by atoms with Gasteiger partial charge in [0.1, 0.15) is 6.79 Å². The normalized spacial score (nSPS) is 32.3. The van der Waals surface area contributed by atoms with Gasteiger partial charge in [-0.1, -0.05) is 60.1 Å². The van der Waals surface area contributed by atoms with Crippen molar-refractivity contribution in [3.8, 4) is 0 Å². The van der Waals surface area contributed by atoms with Crippen molar-refractivity contribution in [2.45, 2.75) is 117 Å². The van der Waals surface area contributed by atoms with Gasteiger partial charge in [0.25, 0.3) is 0 Å². The minimum absolute atomic E-state index is 0.221. The van der Waals surface area contributed by atoms with Crippen molar-refractivity contribution < 1.29 is 13.9 Å². The number of methoxy groups -OCH3 is 1. The molecule has 2 fully saturated rings. The first-order valence-electron chi connectivity index (χ1n) is 12.6. The van der Waals surface area contributed by atoms with E-state index in [2.05, 4.69) is 80.6 Å². The van der Waals surface area contributed by atoms with Gasteiger partial charge >= 0.3 is 0 Å². The third-order valence-electron chi connectivity index (χ3n) is 9.37. The fourth-order valence-electron chi connectivity index (χ4n) is 5.77. The molecule has 31 heavy (non-hydrogen) atoms. The van der Waals surface area contributed by atoms with E-state index in [4.69, 9.17) is 13.9 Å². The highest BCUT2D eigenvalue weighted by Gasteiger charge is 2.54. The first-order chi connectivity index (χ1) is 14.2. The zero-order valence-corrected chi connectivity index (χ0v) is 23.5. The van der Waals surface area contributed by atoms with Crippen LogP contribution in [0.25, 0.3) is 0 Å². The summed E-state index contributed by atoms with van der Waals surface area (Å²) in [6.45, 7) is 23.9. The van der Waals surface area contributed by atoms with Crippen LogP contribution < -0.4 is 0 Å². The Kier molecular flexibility index (Phi) is 8.73. The van der Waals surface area contributed by atoms with Crippen molar-refractivity contribution in [3.63, 3.8) is 0 Å². The Balaban J connectivity index is 2.09. The van der Waals surface area contributed by atoms with Gasteiger partial charge in [0.15, 0.2) is 8.32 Å². The molecule has 0 bridgehead atoms. The predicted molar refractivity (Wildman–Crippen MR) is 135 cm³/mol. The summed E-state index contributed by atoms with van der Waals surface area (Å²) in [5.41, 5.74) is 0.182. The van der Waals surface area contributed by atoms with E-state index in [1.165, 1.54) is 32.1 Å². The topological polar surface area (TPSA) is 27.7 Å². The molecule has 0 unspecified atom stereocenters. The number of hydrogen-bond donors (Lipinski definition) is 0. The van der Waals surface area contributed by atoms with Crippen LogP contribution in [0.1, 0.15) is 87.5 Å². The van der Waals surface area contributed by atoms with E-state index in [0.29, 0.717) is 30.1 Å². The fourth-order valence-corrected chi connectivity index (χ4v) is 7.16. The molecule has 0 heterocycles. The van der Waals surface area contributed by atoms with E-state index in [0.717, 1.165) is 11.8 Å². The van der Waals surface area contributed by atoms with Gasteiger partial charge in [-0.3, -0.25) is 0 Å². The first-order valence-corrected chi connectivity index (χ1v) is 15.6. The molecule has 2 aliphatic carbocycles. The summed E-state index contributed by atoms with van der Waals surface area (Å²) in [5.74, 6) is 2.39. The van der Waals surface area contributed by atoms with E-state index in [9.17, 15) is 0 Å². The van der Waals surface area contributed by atoms with Crippen LogP contribution >= 0.6 is 0 Å². The first kappa shape index (κ1) is 27.1. The second kappa shape index (κ2) is 9.99. The average molecular weight is 453 g/mol. The van der Waals surface area contributed by atoms with Crippen LogP contribution in [0, 0.1) is 29.1 Å². The van der Waals surface area contributed by atoms with Gasteiger partial charge in [-0.15, -0.1) is 0 Å². The van der Waals surface area contributed by atoms with Gasteiger partial charge in [0.2, 0.25) is 0 Å². The van der Waals surface area contributed by atoms with Crippen LogP contribution in [0.4, 0.5) is 0 Å². The molecule has 0 aliphatic heterocycles. The molecule has 0 radical (unpaired) electrons. The Morgan fingerprint density at radius 3 is 2.26 bits per heavy atom. The highest BCUT2D eigenvalue weighted by molar-refractivity contribution is 6.74. The maximum absolute atomic E-state index is 7.02. The number of ether oxygens (including phenoxy) is 2. The summed E-state index contributed by atoms with van der Waals surface area (Å²) in [4.78, 5) is 0. The number of fused-ring (bicyclic) bond motifs is 1. The Morgan fingerprint density at radius 1 is 1.03 bits per heavy atom. The molecule has 6 atom stereocenters. The zero-order valence-electron chi connectivity index (χ0n) is 22.5. The maximum Gasteiger partial charge on any atom is 0.192 e. The molecule has 0 N–H and O–H groups in total. The monoisotopic (exact) mass is 452 g/mol. The lowest BCUT2D eigenvalue weighted by molar-refractivity contribution is -0.128. The number of allylic oxidation sites excluding steroid dienone is 1. The molecule has 2 rings (SSSR count). The molecule has 0 amide bonds. The maximum atomic E-state index is 7.02. The number of rotatable bonds is 9. The molecule has 4 heteroatoms. The summed E-state index contributed by atoms with van der Waals surface area (Å²) in [7, 11) is -0.0521. The van der Waals surface area contributed by atoms with Crippen LogP contribution in [-0.2, 0) is 13.9 Å². The highest BCUT2D eigenvalue weighted by Crippen LogP contribution is 2.59. The van der Waals surface area contributed by atoms with Gasteiger partial charge in [-0.25, -0.2) is 0 Å². The molecule has 2 aliphatic rings. The minimum atomic E-state index is -1.73. The Labute approximate surface area is 194 Å². The molecule has 0 aromatic heterocycles. The lowest BCUT2D eigenvalue weighted by Crippen LogP contribution is -2.50. The lowest BCUT2D eigenvalue weighted by Gasteiger charge is -2.49. The quantitative estimate of drug-likeness (QED) is 0.203. The van der Waals surface area contributed by atoms with Crippen molar-refractivity contribution in [2.24, 2.45) is 29.1 Å². The van der Waals surface area contributed by atoms with Gasteiger partial charge in [0.05, 0.1) is 5.60 Å². The summed E-state index contributed by atoms with van der Waals surface area (Å²) in [5, 5.41) is 0.280. The van der Waals surface area contributed by atoms with Crippen molar-refractivity contribution in [1.82, 2.24) is 0 Å². The van der Waals surface area contributed by atoms with Gasteiger partial charge < -0.3 is 13.9 Å². The summed E-state index contributed by atoms with van der Waals surface area (Å²) in [6, 6.07) is 0. The molecule has 182 valence electrons. The van der Waals surface area contributed by atoms with Gasteiger partial charge in [-0.2, -0.15) is 0 Å². The van der Waals surface area contributed by atoms with Crippen molar-refractivity contribution in [1.29, 1.82) is 0 Å². The second-order valence-corrected chi connectivity index (χ2v) is 17.5. The fraction of sp³-hybridized carbons (Fsp3) is 0.926. The van der Waals surface area contributed by atoms with Gasteiger partial charge in [0, 0.05) is 19.1 Å². The molecular formula is C27H52O3Si. The Morgan fingerprint density at radius 2 is 1.68 bits per heavy atom. The molecule has 0 saturated heterocycles. The molecule has 3 nitrogen and oxygen atoms in total. The van der Waals surface area contributed by atoms with Crippen molar-refractivity contribution in [2.75, 3.05) is 13.9 Å². The van der Waals surface area contributed by atoms with Crippen LogP contribution in [0.3, 0.4) is 0 Å². The van der Waals surface area contributed by atoms with Crippen LogP contribution in [0.5, 0.6) is 0 Å². The molecular weight excluding hydrogens is 400 g/mol. The van der Waals surface area contributed by atoms with E-state index in [1.54, 1.807) is 7.11 Å². The molecule has 0 aromatic carbocycles. The minimum Gasteiger partial charge on any atom is -0.414 e. The number of hydrogen-bond acceptors (Lipinski definition) is 3. The van der Waals surface area contributed by atoms with Crippen LogP contribution in [-0.4, -0.2) is 33.9 Å². The van der Waals surface area contributed by atoms with Crippen LogP contribution in [0.15, 0.2) is 12.2 Å². The average Bonchev–Trinajstić information content (AvgIpc) is 3.01. The van der Waals surface area contributed by atoms with E-state index in [1.807, 2.05) is 0 Å². The van der Waals surface area contributed by atoms with Gasteiger partial charge in [-0.05, 0) is 80.8 Å². The van der Waals surface area contributed by atoms with Crippen LogP contribution in [0.2, 0.25) is 18.1 Å². The standard InChI is InChI=1S/C27H52O3Si/c1-20(14-15-21(2)26(6,7)29-19-28-9)22-16-17-23-24(13-12-18-27(22,23)8)30-31(10,11)25(3,4)5/h14-15,20-24H,12-13,16-19H2,1-11H3/t20-,21+,22-,23+,24+,27-/m1/s1. The second-order valence-electron chi connectivity index (χ2n) is 12.8. The third kappa shape index (κ3) is 6.05. The smallest absolute Gasteiger partial charge is 0.192 e. The summed E-state index contributed by atoms with van der Waals surface area (Å²) >= 11 is 0. The van der Waals surface area contributed by atoms with E-state index < -0.39 is 8.32 Å². The summed E-state index contributed by atoms with van der Waals surface area (Å²) < 4.78 is 18.0. The highest BCUT2D eigenvalue weighted by atomic mass is 28.4. The largest absolute Gasteiger partial charge is 0.414 e. The van der Waals surface area contributed by atoms with Crippen molar-refractivity contribution in [3.05, 3.63) is 12.2 Å². The SMILES string of the molecule is COCOC(C)(C)[C@@H](C)C=C[C@@H](C)[C@H]1CC[C@H]2[C@@H](O[Si](C)(C)C(C)(C)C)CCC[C@]12C. The molecule has 0 aromatic rings. The van der Waals surface area contributed by atoms with Crippen molar-refractivity contribution >= 4 is 8.32 Å². The third-order valence-corrected chi connectivity index (χ3v) is 13.9.